The highest BCUT2D eigenvalue weighted by Gasteiger charge is 2.35. The average molecular weight is 274 g/mol. The molecule has 0 spiro atoms. The van der Waals surface area contributed by atoms with Gasteiger partial charge in [-0.3, -0.25) is 4.90 Å². The highest BCUT2D eigenvalue weighted by Crippen LogP contribution is 2.38. The van der Waals surface area contributed by atoms with Crippen LogP contribution in [0, 0.1) is 11.8 Å². The Balaban J connectivity index is 1.70. The predicted octanol–water partition coefficient (Wildman–Crippen LogP) is 2.65. The molecular formula is C17H26N2O. The van der Waals surface area contributed by atoms with Crippen LogP contribution in [0.2, 0.25) is 0 Å². The van der Waals surface area contributed by atoms with Crippen LogP contribution in [0.25, 0.3) is 0 Å². The number of nitrogens with one attached hydrogen (secondary N) is 1. The molecule has 1 N–H and O–H groups in total. The highest BCUT2D eigenvalue weighted by atomic mass is 16.5. The molecule has 1 saturated heterocycles. The maximum atomic E-state index is 5.54. The lowest BCUT2D eigenvalue weighted by molar-refractivity contribution is 0.296. The Labute approximate surface area is 122 Å². The Morgan fingerprint density at radius 3 is 2.65 bits per heavy atom. The molecule has 0 bridgehead atoms. The zero-order chi connectivity index (χ0) is 13.9. The number of ether oxygens (including phenoxy) is 1. The van der Waals surface area contributed by atoms with Crippen molar-refractivity contribution in [2.24, 2.45) is 11.8 Å². The standard InChI is InChI=1S/C17H26N2O/c1-18-9-13-6-7-17(20-2)16(8-13)12-19-10-14-4-3-5-15(14)11-19/h6-8,14-15,18H,3-5,9-12H2,1-2H3. The molecule has 3 rings (SSSR count). The van der Waals surface area contributed by atoms with Crippen molar-refractivity contribution < 1.29 is 4.74 Å². The zero-order valence-electron chi connectivity index (χ0n) is 12.7. The number of rotatable bonds is 5. The van der Waals surface area contributed by atoms with E-state index in [0.717, 1.165) is 30.7 Å². The summed E-state index contributed by atoms with van der Waals surface area (Å²) in [4.78, 5) is 2.62. The lowest BCUT2D eigenvalue weighted by Gasteiger charge is -2.19. The molecule has 2 aliphatic rings. The molecule has 3 heteroatoms. The van der Waals surface area contributed by atoms with E-state index in [2.05, 4.69) is 28.4 Å². The fourth-order valence-electron chi connectivity index (χ4n) is 3.97. The first-order valence-electron chi connectivity index (χ1n) is 7.83. The molecule has 1 aromatic carbocycles. The highest BCUT2D eigenvalue weighted by molar-refractivity contribution is 5.37. The summed E-state index contributed by atoms with van der Waals surface area (Å²) in [5, 5.41) is 3.22. The van der Waals surface area contributed by atoms with Crippen LogP contribution in [0.3, 0.4) is 0 Å². The van der Waals surface area contributed by atoms with Crippen molar-refractivity contribution in [1.82, 2.24) is 10.2 Å². The van der Waals surface area contributed by atoms with E-state index in [9.17, 15) is 0 Å². The summed E-state index contributed by atoms with van der Waals surface area (Å²) in [5.41, 5.74) is 2.67. The smallest absolute Gasteiger partial charge is 0.123 e. The second-order valence-electron chi connectivity index (χ2n) is 6.32. The van der Waals surface area contributed by atoms with Crippen molar-refractivity contribution >= 4 is 0 Å². The molecule has 20 heavy (non-hydrogen) atoms. The van der Waals surface area contributed by atoms with Crippen LogP contribution < -0.4 is 10.1 Å². The van der Waals surface area contributed by atoms with Gasteiger partial charge in [0.05, 0.1) is 7.11 Å². The van der Waals surface area contributed by atoms with Crippen molar-refractivity contribution in [2.45, 2.75) is 32.4 Å². The third-order valence-electron chi connectivity index (χ3n) is 4.92. The molecule has 0 radical (unpaired) electrons. The van der Waals surface area contributed by atoms with Crippen molar-refractivity contribution in [3.63, 3.8) is 0 Å². The van der Waals surface area contributed by atoms with Gasteiger partial charge in [0.25, 0.3) is 0 Å². The summed E-state index contributed by atoms with van der Waals surface area (Å²) < 4.78 is 5.54. The lowest BCUT2D eigenvalue weighted by atomic mass is 10.0. The van der Waals surface area contributed by atoms with Crippen LogP contribution >= 0.6 is 0 Å². The van der Waals surface area contributed by atoms with Gasteiger partial charge in [-0.25, -0.2) is 0 Å². The second-order valence-corrected chi connectivity index (χ2v) is 6.32. The fraction of sp³-hybridized carbons (Fsp3) is 0.647. The first-order chi connectivity index (χ1) is 9.80. The van der Waals surface area contributed by atoms with E-state index >= 15 is 0 Å². The van der Waals surface area contributed by atoms with Gasteiger partial charge in [-0.1, -0.05) is 12.5 Å². The van der Waals surface area contributed by atoms with Crippen molar-refractivity contribution in [3.05, 3.63) is 29.3 Å². The number of nitrogens with zero attached hydrogens (tertiary/aromatic N) is 1. The third kappa shape index (κ3) is 2.84. The zero-order valence-corrected chi connectivity index (χ0v) is 12.7. The van der Waals surface area contributed by atoms with Crippen molar-refractivity contribution in [1.29, 1.82) is 0 Å². The molecule has 0 aromatic heterocycles. The molecule has 1 saturated carbocycles. The molecule has 1 aliphatic carbocycles. The maximum absolute atomic E-state index is 5.54. The first-order valence-corrected chi connectivity index (χ1v) is 7.83. The normalized spacial score (nSPS) is 25.9. The molecule has 3 nitrogen and oxygen atoms in total. The van der Waals surface area contributed by atoms with E-state index in [1.165, 1.54) is 43.5 Å². The summed E-state index contributed by atoms with van der Waals surface area (Å²) in [6, 6.07) is 6.56. The summed E-state index contributed by atoms with van der Waals surface area (Å²) >= 11 is 0. The topological polar surface area (TPSA) is 24.5 Å². The molecule has 1 aliphatic heterocycles. The van der Waals surface area contributed by atoms with Crippen LogP contribution in [0.1, 0.15) is 30.4 Å². The number of hydrogen-bond acceptors (Lipinski definition) is 3. The SMILES string of the molecule is CNCc1ccc(OC)c(CN2CC3CCCC3C2)c1. The van der Waals surface area contributed by atoms with E-state index in [4.69, 9.17) is 4.74 Å². The summed E-state index contributed by atoms with van der Waals surface area (Å²) in [6.45, 7) is 4.52. The second kappa shape index (κ2) is 6.15. The molecule has 2 atom stereocenters. The minimum absolute atomic E-state index is 0.919. The third-order valence-corrected chi connectivity index (χ3v) is 4.92. The molecule has 1 heterocycles. The number of hydrogen-bond donors (Lipinski definition) is 1. The first kappa shape index (κ1) is 13.9. The lowest BCUT2D eigenvalue weighted by Crippen LogP contribution is -2.21. The molecule has 2 unspecified atom stereocenters. The van der Waals surface area contributed by atoms with Gasteiger partial charge in [0.2, 0.25) is 0 Å². The molecule has 2 fully saturated rings. The van der Waals surface area contributed by atoms with Gasteiger partial charge in [0.1, 0.15) is 5.75 Å². The van der Waals surface area contributed by atoms with Crippen LogP contribution in [0.15, 0.2) is 18.2 Å². The predicted molar refractivity (Wildman–Crippen MR) is 81.9 cm³/mol. The van der Waals surface area contributed by atoms with Gasteiger partial charge in [0, 0.05) is 31.7 Å². The monoisotopic (exact) mass is 274 g/mol. The minimum atomic E-state index is 0.919. The van der Waals surface area contributed by atoms with Gasteiger partial charge >= 0.3 is 0 Å². The summed E-state index contributed by atoms with van der Waals surface area (Å²) in [5.74, 6) is 2.95. The molecule has 0 amide bonds. The maximum Gasteiger partial charge on any atom is 0.123 e. The largest absolute Gasteiger partial charge is 0.496 e. The molecule has 110 valence electrons. The summed E-state index contributed by atoms with van der Waals surface area (Å²) in [7, 11) is 3.76. The van der Waals surface area contributed by atoms with Gasteiger partial charge < -0.3 is 10.1 Å². The van der Waals surface area contributed by atoms with Gasteiger partial charge in [-0.15, -0.1) is 0 Å². The Hall–Kier alpha value is -1.06. The van der Waals surface area contributed by atoms with Crippen molar-refractivity contribution in [2.75, 3.05) is 27.2 Å². The number of likely N-dealkylation sites (tertiary alicyclic amines) is 1. The van der Waals surface area contributed by atoms with E-state index in [-0.39, 0.29) is 0 Å². The Bertz CT molecular complexity index is 448. The van der Waals surface area contributed by atoms with Crippen LogP contribution in [-0.2, 0) is 13.1 Å². The fourth-order valence-corrected chi connectivity index (χ4v) is 3.97. The number of fused-ring (bicyclic) bond motifs is 1. The van der Waals surface area contributed by atoms with E-state index in [0.29, 0.717) is 0 Å². The van der Waals surface area contributed by atoms with Crippen molar-refractivity contribution in [3.8, 4) is 5.75 Å². The average Bonchev–Trinajstić information content (AvgIpc) is 3.00. The minimum Gasteiger partial charge on any atom is -0.496 e. The van der Waals surface area contributed by atoms with Gasteiger partial charge in [-0.2, -0.15) is 0 Å². The Morgan fingerprint density at radius 2 is 2.00 bits per heavy atom. The van der Waals surface area contributed by atoms with E-state index < -0.39 is 0 Å². The van der Waals surface area contributed by atoms with Crippen LogP contribution in [0.5, 0.6) is 5.75 Å². The van der Waals surface area contributed by atoms with E-state index in [1.807, 2.05) is 7.05 Å². The van der Waals surface area contributed by atoms with Gasteiger partial charge in [0.15, 0.2) is 0 Å². The molecule has 1 aromatic rings. The Morgan fingerprint density at radius 1 is 1.25 bits per heavy atom. The van der Waals surface area contributed by atoms with Gasteiger partial charge in [-0.05, 0) is 49.4 Å². The number of benzene rings is 1. The van der Waals surface area contributed by atoms with Crippen LogP contribution in [0.4, 0.5) is 0 Å². The molecular weight excluding hydrogens is 248 g/mol. The summed E-state index contributed by atoms with van der Waals surface area (Å²) in [6.07, 6.45) is 4.33. The van der Waals surface area contributed by atoms with E-state index in [1.54, 1.807) is 7.11 Å². The quantitative estimate of drug-likeness (QED) is 0.893. The number of methoxy groups -OCH3 is 1. The Kier molecular flexibility index (Phi) is 4.27. The van der Waals surface area contributed by atoms with Crippen LogP contribution in [-0.4, -0.2) is 32.1 Å².